The van der Waals surface area contributed by atoms with Gasteiger partial charge in [-0.05, 0) is 19.1 Å². The Balaban J connectivity index is 2.54. The Morgan fingerprint density at radius 3 is 2.75 bits per heavy atom. The van der Waals surface area contributed by atoms with Crippen molar-refractivity contribution in [2.45, 2.75) is 20.0 Å². The summed E-state index contributed by atoms with van der Waals surface area (Å²) in [6.45, 7) is 3.30. The molecule has 3 nitrogen and oxygen atoms in total. The molecule has 0 bridgehead atoms. The topological polar surface area (TPSA) is 43.8 Å². The zero-order valence-electron chi connectivity index (χ0n) is 9.15. The highest BCUT2D eigenvalue weighted by atomic mass is 35.5. The summed E-state index contributed by atoms with van der Waals surface area (Å²) in [6.07, 6.45) is 0. The van der Waals surface area contributed by atoms with Crippen molar-refractivity contribution in [3.8, 4) is 11.3 Å². The number of nitrogens with zero attached hydrogens (tertiary/aromatic N) is 2. The SMILES string of the molecule is CCn1nc(CN)cc1-c1ccccc1Cl. The molecule has 2 N–H and O–H groups in total. The minimum absolute atomic E-state index is 0.449. The Labute approximate surface area is 99.8 Å². The molecule has 0 aliphatic heterocycles. The fourth-order valence-electron chi connectivity index (χ4n) is 1.70. The number of rotatable bonds is 3. The lowest BCUT2D eigenvalue weighted by atomic mass is 10.1. The molecule has 4 heteroatoms. The van der Waals surface area contributed by atoms with Crippen molar-refractivity contribution in [1.82, 2.24) is 9.78 Å². The molecule has 84 valence electrons. The Morgan fingerprint density at radius 2 is 2.12 bits per heavy atom. The predicted octanol–water partition coefficient (Wildman–Crippen LogP) is 2.68. The molecule has 0 aliphatic carbocycles. The second-order valence-electron chi connectivity index (χ2n) is 3.52. The van der Waals surface area contributed by atoms with Crippen LogP contribution in [0.5, 0.6) is 0 Å². The fraction of sp³-hybridized carbons (Fsp3) is 0.250. The lowest BCUT2D eigenvalue weighted by molar-refractivity contribution is 0.653. The number of nitrogens with two attached hydrogens (primary N) is 1. The summed E-state index contributed by atoms with van der Waals surface area (Å²) >= 11 is 6.17. The standard InChI is InChI=1S/C12H14ClN3/c1-2-16-12(7-9(8-14)15-16)10-5-3-4-6-11(10)13/h3-7H,2,8,14H2,1H3. The van der Waals surface area contributed by atoms with Gasteiger partial charge in [0.15, 0.2) is 0 Å². The van der Waals surface area contributed by atoms with Crippen LogP contribution in [0, 0.1) is 0 Å². The van der Waals surface area contributed by atoms with Gasteiger partial charge in [-0.1, -0.05) is 29.8 Å². The first-order chi connectivity index (χ1) is 7.76. The normalized spacial score (nSPS) is 10.7. The Morgan fingerprint density at radius 1 is 1.38 bits per heavy atom. The zero-order valence-corrected chi connectivity index (χ0v) is 9.91. The van der Waals surface area contributed by atoms with E-state index in [4.69, 9.17) is 17.3 Å². The van der Waals surface area contributed by atoms with Crippen LogP contribution in [0.2, 0.25) is 5.02 Å². The van der Waals surface area contributed by atoms with Crippen LogP contribution in [0.25, 0.3) is 11.3 Å². The van der Waals surface area contributed by atoms with Gasteiger partial charge in [-0.3, -0.25) is 4.68 Å². The van der Waals surface area contributed by atoms with E-state index in [1.807, 2.05) is 41.9 Å². The van der Waals surface area contributed by atoms with Gasteiger partial charge in [-0.15, -0.1) is 0 Å². The van der Waals surface area contributed by atoms with Crippen molar-refractivity contribution in [1.29, 1.82) is 0 Å². The summed E-state index contributed by atoms with van der Waals surface area (Å²) < 4.78 is 1.92. The maximum atomic E-state index is 6.17. The van der Waals surface area contributed by atoms with Crippen LogP contribution in [0.4, 0.5) is 0 Å². The van der Waals surface area contributed by atoms with Crippen molar-refractivity contribution >= 4 is 11.6 Å². The van der Waals surface area contributed by atoms with Crippen LogP contribution in [-0.4, -0.2) is 9.78 Å². The molecule has 0 fully saturated rings. The molecule has 16 heavy (non-hydrogen) atoms. The Bertz CT molecular complexity index is 491. The molecule has 1 heterocycles. The van der Waals surface area contributed by atoms with Gasteiger partial charge in [0, 0.05) is 23.7 Å². The van der Waals surface area contributed by atoms with E-state index in [0.29, 0.717) is 6.54 Å². The molecular formula is C12H14ClN3. The smallest absolute Gasteiger partial charge is 0.0766 e. The second kappa shape index (κ2) is 4.68. The van der Waals surface area contributed by atoms with Gasteiger partial charge < -0.3 is 5.73 Å². The van der Waals surface area contributed by atoms with Crippen molar-refractivity contribution in [2.24, 2.45) is 5.73 Å². The van der Waals surface area contributed by atoms with E-state index in [-0.39, 0.29) is 0 Å². The van der Waals surface area contributed by atoms with E-state index in [1.165, 1.54) is 0 Å². The van der Waals surface area contributed by atoms with E-state index in [0.717, 1.165) is 28.5 Å². The highest BCUT2D eigenvalue weighted by molar-refractivity contribution is 6.33. The van der Waals surface area contributed by atoms with Crippen LogP contribution in [0.3, 0.4) is 0 Å². The van der Waals surface area contributed by atoms with E-state index >= 15 is 0 Å². The van der Waals surface area contributed by atoms with E-state index in [1.54, 1.807) is 0 Å². The van der Waals surface area contributed by atoms with Crippen LogP contribution in [0.15, 0.2) is 30.3 Å². The molecule has 0 aliphatic rings. The summed E-state index contributed by atoms with van der Waals surface area (Å²) in [5, 5.41) is 5.13. The number of benzene rings is 1. The number of aryl methyl sites for hydroxylation is 1. The summed E-state index contributed by atoms with van der Waals surface area (Å²) in [4.78, 5) is 0. The number of halogens is 1. The molecule has 0 atom stereocenters. The Hall–Kier alpha value is -1.32. The van der Waals surface area contributed by atoms with Crippen LogP contribution in [-0.2, 0) is 13.1 Å². The lowest BCUT2D eigenvalue weighted by Gasteiger charge is -2.05. The third kappa shape index (κ3) is 1.96. The Kier molecular flexibility index (Phi) is 3.27. The third-order valence-corrected chi connectivity index (χ3v) is 2.82. The third-order valence-electron chi connectivity index (χ3n) is 2.49. The summed E-state index contributed by atoms with van der Waals surface area (Å²) in [7, 11) is 0. The molecule has 1 aromatic heterocycles. The van der Waals surface area contributed by atoms with Gasteiger partial charge in [0.05, 0.1) is 11.4 Å². The van der Waals surface area contributed by atoms with Crippen molar-refractivity contribution < 1.29 is 0 Å². The van der Waals surface area contributed by atoms with Crippen LogP contribution in [0.1, 0.15) is 12.6 Å². The first-order valence-electron chi connectivity index (χ1n) is 5.28. The number of aromatic nitrogens is 2. The summed E-state index contributed by atoms with van der Waals surface area (Å²) in [5.41, 5.74) is 8.50. The van der Waals surface area contributed by atoms with E-state index < -0.39 is 0 Å². The van der Waals surface area contributed by atoms with Gasteiger partial charge >= 0.3 is 0 Å². The summed E-state index contributed by atoms with van der Waals surface area (Å²) in [6, 6.07) is 9.75. The van der Waals surface area contributed by atoms with Crippen molar-refractivity contribution in [3.63, 3.8) is 0 Å². The zero-order chi connectivity index (χ0) is 11.5. The average Bonchev–Trinajstić information content (AvgIpc) is 2.72. The monoisotopic (exact) mass is 235 g/mol. The van der Waals surface area contributed by atoms with Gasteiger partial charge in [-0.25, -0.2) is 0 Å². The molecular weight excluding hydrogens is 222 g/mol. The number of hydrogen-bond donors (Lipinski definition) is 1. The summed E-state index contributed by atoms with van der Waals surface area (Å²) in [5.74, 6) is 0. The highest BCUT2D eigenvalue weighted by Gasteiger charge is 2.10. The van der Waals surface area contributed by atoms with Gasteiger partial charge in [0.25, 0.3) is 0 Å². The quantitative estimate of drug-likeness (QED) is 0.889. The van der Waals surface area contributed by atoms with Crippen molar-refractivity contribution in [2.75, 3.05) is 0 Å². The van der Waals surface area contributed by atoms with Gasteiger partial charge in [0.1, 0.15) is 0 Å². The molecule has 0 unspecified atom stereocenters. The van der Waals surface area contributed by atoms with Gasteiger partial charge in [-0.2, -0.15) is 5.10 Å². The van der Waals surface area contributed by atoms with Crippen LogP contribution >= 0.6 is 11.6 Å². The van der Waals surface area contributed by atoms with Gasteiger partial charge in [0.2, 0.25) is 0 Å². The lowest BCUT2D eigenvalue weighted by Crippen LogP contribution is -2.02. The molecule has 0 saturated heterocycles. The van der Waals surface area contributed by atoms with Crippen LogP contribution < -0.4 is 5.73 Å². The molecule has 2 rings (SSSR count). The molecule has 1 aromatic carbocycles. The average molecular weight is 236 g/mol. The maximum absolute atomic E-state index is 6.17. The van der Waals surface area contributed by atoms with E-state index in [2.05, 4.69) is 5.10 Å². The minimum atomic E-state index is 0.449. The molecule has 0 saturated carbocycles. The molecule has 0 amide bonds. The predicted molar refractivity (Wildman–Crippen MR) is 66.2 cm³/mol. The van der Waals surface area contributed by atoms with Crippen molar-refractivity contribution in [3.05, 3.63) is 41.0 Å². The fourth-order valence-corrected chi connectivity index (χ4v) is 1.93. The molecule has 0 spiro atoms. The first kappa shape index (κ1) is 11.2. The van der Waals surface area contributed by atoms with E-state index in [9.17, 15) is 0 Å². The highest BCUT2D eigenvalue weighted by Crippen LogP contribution is 2.28. The molecule has 0 radical (unpaired) electrons. The minimum Gasteiger partial charge on any atom is -0.325 e. The maximum Gasteiger partial charge on any atom is 0.0766 e. The molecule has 2 aromatic rings. The first-order valence-corrected chi connectivity index (χ1v) is 5.65. The number of hydrogen-bond acceptors (Lipinski definition) is 2. The second-order valence-corrected chi connectivity index (χ2v) is 3.93. The largest absolute Gasteiger partial charge is 0.325 e.